The van der Waals surface area contributed by atoms with Gasteiger partial charge in [0.05, 0.1) is 23.0 Å². The molecule has 0 unspecified atom stereocenters. The molecule has 21 heavy (non-hydrogen) atoms. The summed E-state index contributed by atoms with van der Waals surface area (Å²) in [5, 5.41) is 12.4. The lowest BCUT2D eigenvalue weighted by molar-refractivity contribution is -0.116. The van der Waals surface area contributed by atoms with Crippen LogP contribution in [0.1, 0.15) is 19.8 Å². The van der Waals surface area contributed by atoms with Crippen molar-refractivity contribution < 1.29 is 9.90 Å². The second-order valence-corrected chi connectivity index (χ2v) is 5.56. The lowest BCUT2D eigenvalue weighted by Crippen LogP contribution is -2.31. The number of nitrogens with two attached hydrogens (primary N) is 1. The van der Waals surface area contributed by atoms with Crippen LogP contribution in [0.15, 0.2) is 12.1 Å². The van der Waals surface area contributed by atoms with Crippen LogP contribution in [0.4, 0.5) is 11.4 Å². The molecule has 0 atom stereocenters. The van der Waals surface area contributed by atoms with Crippen molar-refractivity contribution in [3.8, 4) is 0 Å². The molecule has 7 heteroatoms. The number of carbonyl (C=O) groups is 1. The highest BCUT2D eigenvalue weighted by Crippen LogP contribution is 2.32. The van der Waals surface area contributed by atoms with E-state index in [4.69, 9.17) is 34.0 Å². The molecule has 0 aromatic heterocycles. The molecule has 0 radical (unpaired) electrons. The Balaban J connectivity index is 2.57. The maximum Gasteiger partial charge on any atom is 0.225 e. The van der Waals surface area contributed by atoms with E-state index in [0.29, 0.717) is 40.9 Å². The van der Waals surface area contributed by atoms with Gasteiger partial charge in [0.1, 0.15) is 0 Å². The molecule has 0 fully saturated rings. The first-order chi connectivity index (χ1) is 9.97. The normalized spacial score (nSPS) is 10.9. The summed E-state index contributed by atoms with van der Waals surface area (Å²) in [6.45, 7) is 4.12. The average molecular weight is 334 g/mol. The van der Waals surface area contributed by atoms with E-state index < -0.39 is 0 Å². The molecule has 0 heterocycles. The first-order valence-corrected chi connectivity index (χ1v) is 7.61. The third-order valence-corrected chi connectivity index (χ3v) is 3.48. The largest absolute Gasteiger partial charge is 0.397 e. The van der Waals surface area contributed by atoms with Gasteiger partial charge >= 0.3 is 0 Å². The van der Waals surface area contributed by atoms with E-state index in [0.717, 1.165) is 13.0 Å². The predicted octanol–water partition coefficient (Wildman–Crippen LogP) is 2.61. The number of hydrogen-bond acceptors (Lipinski definition) is 4. The highest BCUT2D eigenvalue weighted by Gasteiger charge is 2.12. The molecule has 1 aromatic carbocycles. The van der Waals surface area contributed by atoms with E-state index in [1.165, 1.54) is 12.1 Å². The highest BCUT2D eigenvalue weighted by molar-refractivity contribution is 6.37. The summed E-state index contributed by atoms with van der Waals surface area (Å²) in [6, 6.07) is 3.07. The predicted molar refractivity (Wildman–Crippen MR) is 87.9 cm³/mol. The number of rotatable bonds is 8. The van der Waals surface area contributed by atoms with Crippen molar-refractivity contribution >= 4 is 40.5 Å². The summed E-state index contributed by atoms with van der Waals surface area (Å²) in [4.78, 5) is 14.0. The van der Waals surface area contributed by atoms with Crippen molar-refractivity contribution in [3.63, 3.8) is 0 Å². The van der Waals surface area contributed by atoms with Crippen LogP contribution >= 0.6 is 23.2 Å². The van der Waals surface area contributed by atoms with Gasteiger partial charge in [0.15, 0.2) is 0 Å². The zero-order valence-corrected chi connectivity index (χ0v) is 13.5. The Bertz CT molecular complexity index is 454. The Labute approximate surface area is 135 Å². The Morgan fingerprint density at radius 2 is 2.05 bits per heavy atom. The van der Waals surface area contributed by atoms with Crippen LogP contribution in [0.3, 0.4) is 0 Å². The topological polar surface area (TPSA) is 78.6 Å². The number of aliphatic hydroxyl groups is 1. The quantitative estimate of drug-likeness (QED) is 0.639. The number of nitrogens with one attached hydrogen (secondary N) is 1. The van der Waals surface area contributed by atoms with E-state index in [1.807, 2.05) is 4.90 Å². The minimum atomic E-state index is -0.176. The summed E-state index contributed by atoms with van der Waals surface area (Å²) in [5.74, 6) is -0.176. The molecule has 0 saturated heterocycles. The molecule has 0 aliphatic rings. The number of halogens is 2. The van der Waals surface area contributed by atoms with Crippen LogP contribution in [-0.4, -0.2) is 42.2 Å². The molecule has 0 aliphatic heterocycles. The number of nitrogens with zero attached hydrogens (tertiary/aromatic N) is 1. The van der Waals surface area contributed by atoms with E-state index in [9.17, 15) is 4.79 Å². The van der Waals surface area contributed by atoms with Crippen LogP contribution in [0.5, 0.6) is 0 Å². The molecular weight excluding hydrogens is 313 g/mol. The first-order valence-electron chi connectivity index (χ1n) is 6.85. The van der Waals surface area contributed by atoms with Gasteiger partial charge in [0, 0.05) is 24.5 Å². The smallest absolute Gasteiger partial charge is 0.225 e. The van der Waals surface area contributed by atoms with Crippen LogP contribution < -0.4 is 11.1 Å². The van der Waals surface area contributed by atoms with Gasteiger partial charge < -0.3 is 21.1 Å². The van der Waals surface area contributed by atoms with Crippen molar-refractivity contribution in [2.45, 2.75) is 19.8 Å². The highest BCUT2D eigenvalue weighted by atomic mass is 35.5. The lowest BCUT2D eigenvalue weighted by Gasteiger charge is -2.20. The van der Waals surface area contributed by atoms with Crippen molar-refractivity contribution in [2.24, 2.45) is 0 Å². The van der Waals surface area contributed by atoms with Gasteiger partial charge in [-0.25, -0.2) is 0 Å². The molecular formula is C14H21Cl2N3O2. The number of amides is 1. The zero-order valence-electron chi connectivity index (χ0n) is 12.0. The lowest BCUT2D eigenvalue weighted by atomic mass is 10.2. The van der Waals surface area contributed by atoms with E-state index in [-0.39, 0.29) is 12.5 Å². The minimum Gasteiger partial charge on any atom is -0.397 e. The molecule has 1 rings (SSSR count). The monoisotopic (exact) mass is 333 g/mol. The molecule has 0 spiro atoms. The van der Waals surface area contributed by atoms with Crippen molar-refractivity contribution in [2.75, 3.05) is 37.3 Å². The summed E-state index contributed by atoms with van der Waals surface area (Å²) in [7, 11) is 0. The number of benzene rings is 1. The number of nitrogen functional groups attached to an aromatic ring is 1. The van der Waals surface area contributed by atoms with Gasteiger partial charge in [-0.2, -0.15) is 0 Å². The number of carbonyl (C=O) groups excluding carboxylic acids is 1. The summed E-state index contributed by atoms with van der Waals surface area (Å²) >= 11 is 11.8. The maximum absolute atomic E-state index is 12.0. The van der Waals surface area contributed by atoms with E-state index >= 15 is 0 Å². The molecule has 4 N–H and O–H groups in total. The fourth-order valence-electron chi connectivity index (χ4n) is 1.98. The second-order valence-electron chi connectivity index (χ2n) is 4.72. The minimum absolute atomic E-state index is 0.0809. The van der Waals surface area contributed by atoms with Crippen LogP contribution in [-0.2, 0) is 4.79 Å². The van der Waals surface area contributed by atoms with Gasteiger partial charge in [-0.1, -0.05) is 30.1 Å². The Morgan fingerprint density at radius 1 is 1.33 bits per heavy atom. The van der Waals surface area contributed by atoms with Crippen molar-refractivity contribution in [3.05, 3.63) is 22.2 Å². The van der Waals surface area contributed by atoms with Gasteiger partial charge in [0.2, 0.25) is 5.91 Å². The molecule has 118 valence electrons. The molecule has 1 aromatic rings. The fraction of sp³-hybridized carbons (Fsp3) is 0.500. The Kier molecular flexibility index (Phi) is 7.82. The molecule has 0 saturated carbocycles. The van der Waals surface area contributed by atoms with Crippen LogP contribution in [0.25, 0.3) is 0 Å². The zero-order chi connectivity index (χ0) is 15.8. The summed E-state index contributed by atoms with van der Waals surface area (Å²) < 4.78 is 0. The Morgan fingerprint density at radius 3 is 2.62 bits per heavy atom. The fourth-order valence-corrected chi connectivity index (χ4v) is 2.54. The SMILES string of the molecule is CCCN(CCO)CCC(=O)Nc1c(N)cc(Cl)cc1Cl. The Hall–Kier alpha value is -1.01. The third kappa shape index (κ3) is 6.09. The first kappa shape index (κ1) is 18.0. The number of anilines is 2. The van der Waals surface area contributed by atoms with Gasteiger partial charge in [-0.05, 0) is 25.1 Å². The average Bonchev–Trinajstić information content (AvgIpc) is 2.40. The van der Waals surface area contributed by atoms with Gasteiger partial charge in [-0.15, -0.1) is 0 Å². The molecule has 0 aliphatic carbocycles. The second kappa shape index (κ2) is 9.10. The number of aliphatic hydroxyl groups excluding tert-OH is 1. The molecule has 0 bridgehead atoms. The maximum atomic E-state index is 12.0. The molecule has 5 nitrogen and oxygen atoms in total. The van der Waals surface area contributed by atoms with Crippen molar-refractivity contribution in [1.82, 2.24) is 4.90 Å². The van der Waals surface area contributed by atoms with E-state index in [1.54, 1.807) is 0 Å². The van der Waals surface area contributed by atoms with Crippen molar-refractivity contribution in [1.29, 1.82) is 0 Å². The number of hydrogen-bond donors (Lipinski definition) is 3. The van der Waals surface area contributed by atoms with E-state index in [2.05, 4.69) is 12.2 Å². The summed E-state index contributed by atoms with van der Waals surface area (Å²) in [6.07, 6.45) is 1.27. The standard InChI is InChI=1S/C14H21Cl2N3O2/c1-2-4-19(6-7-20)5-3-13(21)18-14-11(16)8-10(15)9-12(14)17/h8-9,20H,2-7,17H2,1H3,(H,18,21). The third-order valence-electron chi connectivity index (χ3n) is 2.96. The van der Waals surface area contributed by atoms with Gasteiger partial charge in [-0.3, -0.25) is 4.79 Å². The van der Waals surface area contributed by atoms with Gasteiger partial charge in [0.25, 0.3) is 0 Å². The van der Waals surface area contributed by atoms with Crippen LogP contribution in [0, 0.1) is 0 Å². The summed E-state index contributed by atoms with van der Waals surface area (Å²) in [5.41, 5.74) is 6.51. The van der Waals surface area contributed by atoms with Crippen LogP contribution in [0.2, 0.25) is 10.0 Å². The molecule has 1 amide bonds.